The SMILES string of the molecule is Cc1nc(N2CCCC2)cc(N2CCN(C(=O)c3cccc(C(F)(F)F)c3)CC2)n1. The number of halogens is 3. The van der Waals surface area contributed by atoms with E-state index in [-0.39, 0.29) is 11.5 Å². The maximum absolute atomic E-state index is 12.9. The number of anilines is 2. The van der Waals surface area contributed by atoms with Gasteiger partial charge < -0.3 is 14.7 Å². The summed E-state index contributed by atoms with van der Waals surface area (Å²) in [5.41, 5.74) is -0.745. The minimum Gasteiger partial charge on any atom is -0.356 e. The van der Waals surface area contributed by atoms with E-state index in [4.69, 9.17) is 0 Å². The largest absolute Gasteiger partial charge is 0.416 e. The van der Waals surface area contributed by atoms with E-state index < -0.39 is 11.7 Å². The molecule has 1 aromatic carbocycles. The number of amides is 1. The maximum Gasteiger partial charge on any atom is 0.416 e. The predicted octanol–water partition coefficient (Wildman–Crippen LogP) is 3.37. The molecule has 2 aliphatic rings. The number of rotatable bonds is 3. The van der Waals surface area contributed by atoms with Crippen molar-refractivity contribution in [2.45, 2.75) is 25.9 Å². The topological polar surface area (TPSA) is 52.6 Å². The van der Waals surface area contributed by atoms with Crippen LogP contribution in [0.4, 0.5) is 24.8 Å². The van der Waals surface area contributed by atoms with Gasteiger partial charge in [-0.2, -0.15) is 13.2 Å². The van der Waals surface area contributed by atoms with E-state index in [0.29, 0.717) is 32.0 Å². The van der Waals surface area contributed by atoms with E-state index in [1.807, 2.05) is 13.0 Å². The molecule has 30 heavy (non-hydrogen) atoms. The molecule has 0 saturated carbocycles. The Bertz CT molecular complexity index is 919. The second kappa shape index (κ2) is 8.12. The predicted molar refractivity (Wildman–Crippen MR) is 108 cm³/mol. The number of piperazine rings is 1. The minimum atomic E-state index is -4.47. The summed E-state index contributed by atoms with van der Waals surface area (Å²) < 4.78 is 38.8. The molecule has 160 valence electrons. The third kappa shape index (κ3) is 4.34. The van der Waals surface area contributed by atoms with Gasteiger partial charge in [0.1, 0.15) is 17.5 Å². The Morgan fingerprint density at radius 2 is 1.50 bits per heavy atom. The molecular weight excluding hydrogens is 395 g/mol. The van der Waals surface area contributed by atoms with Crippen molar-refractivity contribution in [3.8, 4) is 0 Å². The summed E-state index contributed by atoms with van der Waals surface area (Å²) in [6, 6.07) is 6.59. The average Bonchev–Trinajstić information content (AvgIpc) is 3.27. The molecule has 0 spiro atoms. The highest BCUT2D eigenvalue weighted by Gasteiger charge is 2.32. The summed E-state index contributed by atoms with van der Waals surface area (Å²) in [6.07, 6.45) is -2.14. The van der Waals surface area contributed by atoms with Crippen molar-refractivity contribution in [2.24, 2.45) is 0 Å². The molecule has 9 heteroatoms. The Balaban J connectivity index is 1.43. The molecule has 0 atom stereocenters. The molecule has 0 bridgehead atoms. The summed E-state index contributed by atoms with van der Waals surface area (Å²) in [5.74, 6) is 2.09. The fourth-order valence-electron chi connectivity index (χ4n) is 3.96. The molecule has 6 nitrogen and oxygen atoms in total. The van der Waals surface area contributed by atoms with Gasteiger partial charge in [-0.15, -0.1) is 0 Å². The number of nitrogens with zero attached hydrogens (tertiary/aromatic N) is 5. The highest BCUT2D eigenvalue weighted by Crippen LogP contribution is 2.30. The molecule has 0 aliphatic carbocycles. The number of hydrogen-bond acceptors (Lipinski definition) is 5. The fourth-order valence-corrected chi connectivity index (χ4v) is 3.96. The summed E-state index contributed by atoms with van der Waals surface area (Å²) in [4.78, 5) is 27.8. The van der Waals surface area contributed by atoms with Crippen molar-refractivity contribution in [3.63, 3.8) is 0 Å². The first-order valence-corrected chi connectivity index (χ1v) is 10.1. The zero-order chi connectivity index (χ0) is 21.3. The van der Waals surface area contributed by atoms with Gasteiger partial charge in [0.05, 0.1) is 5.56 Å². The molecule has 0 unspecified atom stereocenters. The van der Waals surface area contributed by atoms with Crippen LogP contribution in [0.3, 0.4) is 0 Å². The maximum atomic E-state index is 12.9. The monoisotopic (exact) mass is 419 g/mol. The fraction of sp³-hybridized carbons (Fsp3) is 0.476. The lowest BCUT2D eigenvalue weighted by Gasteiger charge is -2.36. The molecule has 1 amide bonds. The molecule has 4 rings (SSSR count). The molecule has 2 fully saturated rings. The number of carbonyl (C=O) groups excluding carboxylic acids is 1. The number of aryl methyl sites for hydroxylation is 1. The molecule has 0 radical (unpaired) electrons. The Morgan fingerprint density at radius 3 is 2.10 bits per heavy atom. The average molecular weight is 419 g/mol. The minimum absolute atomic E-state index is 0.0625. The normalized spacial score (nSPS) is 17.5. The highest BCUT2D eigenvalue weighted by atomic mass is 19.4. The molecule has 2 saturated heterocycles. The quantitative estimate of drug-likeness (QED) is 0.764. The standard InChI is InChI=1S/C21H24F3N5O/c1-15-25-18(27-7-2-3-8-27)14-19(26-15)28-9-11-29(12-10-28)20(30)16-5-4-6-17(13-16)21(22,23)24/h4-6,13-14H,2-3,7-12H2,1H3. The number of aromatic nitrogens is 2. The van der Waals surface area contributed by atoms with Gasteiger partial charge in [-0.05, 0) is 38.0 Å². The molecular formula is C21H24F3N5O. The van der Waals surface area contributed by atoms with Crippen molar-refractivity contribution in [1.82, 2.24) is 14.9 Å². The summed E-state index contributed by atoms with van der Waals surface area (Å²) in [5, 5.41) is 0. The summed E-state index contributed by atoms with van der Waals surface area (Å²) in [7, 11) is 0. The number of hydrogen-bond donors (Lipinski definition) is 0. The van der Waals surface area contributed by atoms with Crippen molar-refractivity contribution < 1.29 is 18.0 Å². The second-order valence-corrected chi connectivity index (χ2v) is 7.68. The van der Waals surface area contributed by atoms with Crippen LogP contribution in [0.15, 0.2) is 30.3 Å². The van der Waals surface area contributed by atoms with Crippen LogP contribution < -0.4 is 9.80 Å². The molecule has 2 aliphatic heterocycles. The number of benzene rings is 1. The summed E-state index contributed by atoms with van der Waals surface area (Å²) >= 11 is 0. The van der Waals surface area contributed by atoms with Crippen LogP contribution >= 0.6 is 0 Å². The zero-order valence-corrected chi connectivity index (χ0v) is 16.8. The second-order valence-electron chi connectivity index (χ2n) is 7.68. The smallest absolute Gasteiger partial charge is 0.356 e. The van der Waals surface area contributed by atoms with Gasteiger partial charge in [0.15, 0.2) is 0 Å². The molecule has 0 N–H and O–H groups in total. The first kappa shape index (κ1) is 20.4. The van der Waals surface area contributed by atoms with Gasteiger partial charge in [0.2, 0.25) is 0 Å². The van der Waals surface area contributed by atoms with Crippen LogP contribution in [0.25, 0.3) is 0 Å². The van der Waals surface area contributed by atoms with Crippen molar-refractivity contribution in [3.05, 3.63) is 47.3 Å². The number of alkyl halides is 3. The van der Waals surface area contributed by atoms with Crippen LogP contribution in [0.1, 0.15) is 34.6 Å². The molecule has 3 heterocycles. The van der Waals surface area contributed by atoms with E-state index in [2.05, 4.69) is 19.8 Å². The van der Waals surface area contributed by atoms with Gasteiger partial charge in [0.25, 0.3) is 5.91 Å². The third-order valence-corrected chi connectivity index (χ3v) is 5.57. The van der Waals surface area contributed by atoms with E-state index in [0.717, 1.165) is 49.7 Å². The Kier molecular flexibility index (Phi) is 5.53. The Labute approximate surface area is 173 Å². The van der Waals surface area contributed by atoms with Gasteiger partial charge in [-0.3, -0.25) is 4.79 Å². The first-order valence-electron chi connectivity index (χ1n) is 10.1. The van der Waals surface area contributed by atoms with E-state index in [1.165, 1.54) is 12.1 Å². The van der Waals surface area contributed by atoms with Crippen molar-refractivity contribution in [1.29, 1.82) is 0 Å². The Morgan fingerprint density at radius 1 is 0.900 bits per heavy atom. The first-order chi connectivity index (χ1) is 14.3. The lowest BCUT2D eigenvalue weighted by molar-refractivity contribution is -0.137. The lowest BCUT2D eigenvalue weighted by Crippen LogP contribution is -2.49. The van der Waals surface area contributed by atoms with Crippen molar-refractivity contribution in [2.75, 3.05) is 49.1 Å². The van der Waals surface area contributed by atoms with Crippen molar-refractivity contribution >= 4 is 17.5 Å². The van der Waals surface area contributed by atoms with Gasteiger partial charge >= 0.3 is 6.18 Å². The molecule has 1 aromatic heterocycles. The van der Waals surface area contributed by atoms with Gasteiger partial charge in [-0.25, -0.2) is 9.97 Å². The van der Waals surface area contributed by atoms with E-state index in [1.54, 1.807) is 4.90 Å². The van der Waals surface area contributed by atoms with Crippen LogP contribution in [-0.4, -0.2) is 60.0 Å². The van der Waals surface area contributed by atoms with Crippen LogP contribution in [0, 0.1) is 6.92 Å². The van der Waals surface area contributed by atoms with Crippen LogP contribution in [0.2, 0.25) is 0 Å². The van der Waals surface area contributed by atoms with E-state index >= 15 is 0 Å². The Hall–Kier alpha value is -2.84. The number of carbonyl (C=O) groups is 1. The zero-order valence-electron chi connectivity index (χ0n) is 16.8. The third-order valence-electron chi connectivity index (χ3n) is 5.57. The van der Waals surface area contributed by atoms with Gasteiger partial charge in [0, 0.05) is 50.9 Å². The highest BCUT2D eigenvalue weighted by molar-refractivity contribution is 5.94. The molecule has 2 aromatic rings. The van der Waals surface area contributed by atoms with E-state index in [9.17, 15) is 18.0 Å². The van der Waals surface area contributed by atoms with Gasteiger partial charge in [-0.1, -0.05) is 6.07 Å². The van der Waals surface area contributed by atoms with Crippen LogP contribution in [-0.2, 0) is 6.18 Å². The van der Waals surface area contributed by atoms with Crippen LogP contribution in [0.5, 0.6) is 0 Å². The lowest BCUT2D eigenvalue weighted by atomic mass is 10.1. The summed E-state index contributed by atoms with van der Waals surface area (Å²) in [6.45, 7) is 5.86.